The first-order valence-corrected chi connectivity index (χ1v) is 12.7. The summed E-state index contributed by atoms with van der Waals surface area (Å²) in [6, 6.07) is 10.2. The van der Waals surface area contributed by atoms with E-state index in [1.165, 1.54) is 18.5 Å². The molecule has 0 aliphatic heterocycles. The van der Waals surface area contributed by atoms with Crippen LogP contribution in [0.2, 0.25) is 0 Å². The van der Waals surface area contributed by atoms with Gasteiger partial charge in [-0.1, -0.05) is 12.1 Å². The van der Waals surface area contributed by atoms with Gasteiger partial charge in [0, 0.05) is 65.7 Å². The molecule has 0 spiro atoms. The number of nitrogens with zero attached hydrogens (tertiary/aromatic N) is 4. The van der Waals surface area contributed by atoms with Gasteiger partial charge in [0.05, 0.1) is 11.3 Å². The second-order valence-electron chi connectivity index (χ2n) is 9.55. The number of carbonyl (C=O) groups is 1. The molecule has 0 radical (unpaired) electrons. The van der Waals surface area contributed by atoms with Crippen molar-refractivity contribution >= 4 is 28.9 Å². The molecule has 212 valence electrons. The normalized spacial score (nSPS) is 12.0. The van der Waals surface area contributed by atoms with Gasteiger partial charge in [0.15, 0.2) is 0 Å². The van der Waals surface area contributed by atoms with Crippen LogP contribution >= 0.6 is 0 Å². The van der Waals surface area contributed by atoms with Gasteiger partial charge in [-0.15, -0.1) is 0 Å². The van der Waals surface area contributed by atoms with Crippen LogP contribution < -0.4 is 16.0 Å². The number of aromatic nitrogens is 4. The third kappa shape index (κ3) is 7.70. The fraction of sp³-hybridized carbons (Fsp3) is 0.241. The van der Waals surface area contributed by atoms with Gasteiger partial charge >= 0.3 is 6.18 Å². The molecule has 9 nitrogen and oxygen atoms in total. The van der Waals surface area contributed by atoms with Crippen molar-refractivity contribution in [2.45, 2.75) is 38.9 Å². The van der Waals surface area contributed by atoms with Gasteiger partial charge in [0.2, 0.25) is 5.95 Å². The van der Waals surface area contributed by atoms with E-state index in [0.717, 1.165) is 11.6 Å². The van der Waals surface area contributed by atoms with Gasteiger partial charge in [-0.05, 0) is 62.4 Å². The molecule has 1 amide bonds. The molecule has 12 heteroatoms. The van der Waals surface area contributed by atoms with E-state index in [1.807, 2.05) is 13.8 Å². The molecule has 2 aromatic heterocycles. The number of alkyl halides is 3. The Kier molecular flexibility index (Phi) is 9.03. The maximum Gasteiger partial charge on any atom is 0.416 e. The van der Waals surface area contributed by atoms with Crippen molar-refractivity contribution in [3.8, 4) is 11.3 Å². The van der Waals surface area contributed by atoms with E-state index in [1.54, 1.807) is 49.9 Å². The van der Waals surface area contributed by atoms with Gasteiger partial charge < -0.3 is 21.4 Å². The fourth-order valence-electron chi connectivity index (χ4n) is 4.08. The van der Waals surface area contributed by atoms with E-state index >= 15 is 0 Å². The first-order valence-electron chi connectivity index (χ1n) is 12.7. The lowest BCUT2D eigenvalue weighted by molar-refractivity contribution is -0.138. The van der Waals surface area contributed by atoms with Gasteiger partial charge in [-0.3, -0.25) is 4.79 Å². The zero-order valence-corrected chi connectivity index (χ0v) is 22.7. The molecule has 4 N–H and O–H groups in total. The number of amides is 1. The predicted octanol–water partition coefficient (Wildman–Crippen LogP) is 5.82. The third-order valence-corrected chi connectivity index (χ3v) is 6.38. The van der Waals surface area contributed by atoms with Crippen LogP contribution in [0, 0.1) is 12.3 Å². The molecule has 2 aromatic carbocycles. The molecule has 0 bridgehead atoms. The van der Waals surface area contributed by atoms with Gasteiger partial charge in [-0.2, -0.15) is 13.2 Å². The van der Waals surface area contributed by atoms with Crippen molar-refractivity contribution in [1.29, 1.82) is 5.41 Å². The Bertz CT molecular complexity index is 1540. The summed E-state index contributed by atoms with van der Waals surface area (Å²) in [6.07, 6.45) is 1.75. The number of carbonyl (C=O) groups excluding carboxylic acids is 1. The van der Waals surface area contributed by atoms with Crippen LogP contribution in [0.5, 0.6) is 0 Å². The molecular weight excluding hydrogens is 533 g/mol. The second-order valence-corrected chi connectivity index (χ2v) is 9.55. The summed E-state index contributed by atoms with van der Waals surface area (Å²) in [4.78, 5) is 29.7. The topological polar surface area (TPSA) is 129 Å². The van der Waals surface area contributed by atoms with Crippen LogP contribution in [0.4, 0.5) is 30.5 Å². The quantitative estimate of drug-likeness (QED) is 0.179. The van der Waals surface area contributed by atoms with Crippen molar-refractivity contribution in [1.82, 2.24) is 25.3 Å². The summed E-state index contributed by atoms with van der Waals surface area (Å²) >= 11 is 0. The van der Waals surface area contributed by atoms with Crippen molar-refractivity contribution < 1.29 is 18.0 Å². The molecule has 0 saturated carbocycles. The Labute approximate surface area is 235 Å². The third-order valence-electron chi connectivity index (χ3n) is 6.38. The van der Waals surface area contributed by atoms with E-state index in [9.17, 15) is 18.0 Å². The summed E-state index contributed by atoms with van der Waals surface area (Å²) in [6.45, 7) is 3.70. The van der Waals surface area contributed by atoms with Crippen LogP contribution in [0.25, 0.3) is 11.3 Å². The molecule has 2 heterocycles. The number of nitrogens with one attached hydrogen (secondary N) is 4. The average Bonchev–Trinajstić information content (AvgIpc) is 2.95. The lowest BCUT2D eigenvalue weighted by Gasteiger charge is -2.17. The molecule has 0 unspecified atom stereocenters. The number of hydrogen-bond donors (Lipinski definition) is 4. The highest BCUT2D eigenvalue weighted by Crippen LogP contribution is 2.34. The minimum absolute atomic E-state index is 0.0373. The molecule has 0 fully saturated rings. The fourth-order valence-corrected chi connectivity index (χ4v) is 4.08. The van der Waals surface area contributed by atoms with Gasteiger partial charge in [0.25, 0.3) is 5.91 Å². The van der Waals surface area contributed by atoms with E-state index in [0.29, 0.717) is 35.0 Å². The number of rotatable bonds is 10. The predicted molar refractivity (Wildman–Crippen MR) is 151 cm³/mol. The molecule has 0 aliphatic rings. The summed E-state index contributed by atoms with van der Waals surface area (Å²) in [5.74, 6) is -0.393. The maximum absolute atomic E-state index is 13.9. The van der Waals surface area contributed by atoms with Crippen molar-refractivity contribution in [2.24, 2.45) is 0 Å². The SMILES string of the molecule is CN[C@@H](C)CC(=N)Cc1ccc(C(=O)Nc2ccc(C)c(Nc3nccc(-c4cncnc4)n3)c2)cc1C(F)(F)F. The van der Waals surface area contributed by atoms with Crippen LogP contribution in [-0.4, -0.2) is 44.6 Å². The highest BCUT2D eigenvalue weighted by atomic mass is 19.4. The highest BCUT2D eigenvalue weighted by Gasteiger charge is 2.34. The number of halogens is 3. The maximum atomic E-state index is 13.9. The van der Waals surface area contributed by atoms with Crippen molar-refractivity contribution in [3.63, 3.8) is 0 Å². The van der Waals surface area contributed by atoms with Crippen molar-refractivity contribution in [3.05, 3.63) is 89.6 Å². The van der Waals surface area contributed by atoms with Crippen LogP contribution in [0.3, 0.4) is 0 Å². The Morgan fingerprint density at radius 1 is 1.07 bits per heavy atom. The lowest BCUT2D eigenvalue weighted by atomic mass is 9.96. The molecule has 1 atom stereocenters. The van der Waals surface area contributed by atoms with E-state index < -0.39 is 17.6 Å². The standard InChI is InChI=1S/C29H29F3N8O/c1-17-4-7-23(13-26(17)40-28-37-9-8-25(39-28)21-14-35-16-36-15-21)38-27(41)20-6-5-19(24(12-20)29(30,31)32)11-22(33)10-18(2)34-3/h4-9,12-16,18,33-34H,10-11H2,1-3H3,(H,38,41)(H,37,39,40)/t18-/m0/s1. The molecule has 4 aromatic rings. The van der Waals surface area contributed by atoms with Gasteiger partial charge in [0.1, 0.15) is 6.33 Å². The molecular formula is C29H29F3N8O. The Hall–Kier alpha value is -4.71. The van der Waals surface area contributed by atoms with E-state index in [2.05, 4.69) is 35.9 Å². The van der Waals surface area contributed by atoms with Crippen LogP contribution in [-0.2, 0) is 12.6 Å². The zero-order valence-electron chi connectivity index (χ0n) is 22.7. The summed E-state index contributed by atoms with van der Waals surface area (Å²) in [5.41, 5.74) is 2.17. The minimum Gasteiger partial charge on any atom is -0.324 e. The first-order chi connectivity index (χ1) is 19.5. The summed E-state index contributed by atoms with van der Waals surface area (Å²) < 4.78 is 41.7. The Morgan fingerprint density at radius 2 is 1.83 bits per heavy atom. The number of anilines is 3. The molecule has 0 aliphatic carbocycles. The monoisotopic (exact) mass is 562 g/mol. The Morgan fingerprint density at radius 3 is 2.54 bits per heavy atom. The Balaban J connectivity index is 1.52. The number of benzene rings is 2. The first kappa shape index (κ1) is 29.3. The largest absolute Gasteiger partial charge is 0.416 e. The highest BCUT2D eigenvalue weighted by molar-refractivity contribution is 6.04. The minimum atomic E-state index is -4.68. The van der Waals surface area contributed by atoms with Crippen LogP contribution in [0.1, 0.15) is 40.4 Å². The summed E-state index contributed by atoms with van der Waals surface area (Å²) in [5, 5.41) is 16.9. The van der Waals surface area contributed by atoms with E-state index in [-0.39, 0.29) is 29.3 Å². The lowest BCUT2D eigenvalue weighted by Crippen LogP contribution is -2.25. The zero-order chi connectivity index (χ0) is 29.6. The number of hydrogen-bond acceptors (Lipinski definition) is 8. The molecule has 41 heavy (non-hydrogen) atoms. The smallest absolute Gasteiger partial charge is 0.324 e. The van der Waals surface area contributed by atoms with Crippen molar-refractivity contribution in [2.75, 3.05) is 17.7 Å². The average molecular weight is 563 g/mol. The molecule has 4 rings (SSSR count). The van der Waals surface area contributed by atoms with E-state index in [4.69, 9.17) is 5.41 Å². The summed E-state index contributed by atoms with van der Waals surface area (Å²) in [7, 11) is 1.73. The molecule has 0 saturated heterocycles. The van der Waals surface area contributed by atoms with Gasteiger partial charge in [-0.25, -0.2) is 19.9 Å². The second kappa shape index (κ2) is 12.6. The van der Waals surface area contributed by atoms with Crippen LogP contribution in [0.15, 0.2) is 67.4 Å². The number of aryl methyl sites for hydroxylation is 1.